The molecular formula is C20H26N4O2. The van der Waals surface area contributed by atoms with E-state index in [4.69, 9.17) is 9.72 Å². The van der Waals surface area contributed by atoms with Crippen molar-refractivity contribution >= 4 is 11.9 Å². The minimum Gasteiger partial charge on any atom is -0.458 e. The molecule has 0 bridgehead atoms. The summed E-state index contributed by atoms with van der Waals surface area (Å²) in [5.74, 6) is 0.418. The lowest BCUT2D eigenvalue weighted by Gasteiger charge is -2.24. The third kappa shape index (κ3) is 3.32. The molecule has 2 aromatic heterocycles. The molecular weight excluding hydrogens is 328 g/mol. The molecule has 0 unspecified atom stereocenters. The first kappa shape index (κ1) is 17.1. The Morgan fingerprint density at radius 3 is 2.85 bits per heavy atom. The van der Waals surface area contributed by atoms with Crippen LogP contribution in [0.1, 0.15) is 62.0 Å². The lowest BCUT2D eigenvalue weighted by Crippen LogP contribution is -2.24. The largest absolute Gasteiger partial charge is 0.458 e. The average molecular weight is 354 g/mol. The van der Waals surface area contributed by atoms with Crippen LogP contribution < -0.4 is 5.32 Å². The van der Waals surface area contributed by atoms with Crippen LogP contribution in [0, 0.1) is 0 Å². The van der Waals surface area contributed by atoms with Crippen molar-refractivity contribution in [1.82, 2.24) is 14.5 Å². The van der Waals surface area contributed by atoms with Gasteiger partial charge in [-0.05, 0) is 45.2 Å². The normalized spacial score (nSPS) is 16.9. The molecule has 1 N–H and O–H groups in total. The number of nitrogens with one attached hydrogen (secondary N) is 1. The van der Waals surface area contributed by atoms with Crippen molar-refractivity contribution in [3.8, 4) is 11.4 Å². The van der Waals surface area contributed by atoms with Gasteiger partial charge in [-0.25, -0.2) is 14.8 Å². The first-order valence-corrected chi connectivity index (χ1v) is 9.65. The highest BCUT2D eigenvalue weighted by atomic mass is 16.5. The Morgan fingerprint density at radius 1 is 1.27 bits per heavy atom. The number of aromatic nitrogens is 3. The fourth-order valence-corrected chi connectivity index (χ4v) is 3.91. The summed E-state index contributed by atoms with van der Waals surface area (Å²) in [6, 6.07) is 4.27. The molecule has 0 aromatic carbocycles. The summed E-state index contributed by atoms with van der Waals surface area (Å²) < 4.78 is 7.39. The SMILES string of the molecule is CC(C)OC(=O)c1ccc2n1CCc1cnc(NC3CCCCC3)nc1-2. The molecule has 4 rings (SSSR count). The zero-order valence-corrected chi connectivity index (χ0v) is 15.5. The molecule has 2 aliphatic rings. The zero-order chi connectivity index (χ0) is 18.1. The molecule has 138 valence electrons. The van der Waals surface area contributed by atoms with E-state index in [1.54, 1.807) is 0 Å². The highest BCUT2D eigenvalue weighted by molar-refractivity contribution is 5.89. The number of carbonyl (C=O) groups is 1. The molecule has 0 atom stereocenters. The van der Waals surface area contributed by atoms with Gasteiger partial charge < -0.3 is 14.6 Å². The van der Waals surface area contributed by atoms with Gasteiger partial charge in [0.15, 0.2) is 0 Å². The van der Waals surface area contributed by atoms with E-state index in [1.165, 1.54) is 32.1 Å². The fourth-order valence-electron chi connectivity index (χ4n) is 3.91. The standard InChI is InChI=1S/C20H26N4O2/c1-13(2)26-19(25)17-9-8-16-18-14(10-11-24(16)17)12-21-20(23-18)22-15-6-4-3-5-7-15/h8-9,12-13,15H,3-7,10-11H2,1-2H3,(H,21,22,23). The first-order chi connectivity index (χ1) is 12.6. The number of anilines is 1. The Morgan fingerprint density at radius 2 is 2.08 bits per heavy atom. The Bertz CT molecular complexity index is 806. The average Bonchev–Trinajstić information content (AvgIpc) is 3.07. The number of nitrogens with zero attached hydrogens (tertiary/aromatic N) is 3. The number of fused-ring (bicyclic) bond motifs is 3. The Kier molecular flexibility index (Phi) is 4.66. The third-order valence-corrected chi connectivity index (χ3v) is 5.18. The molecule has 6 heteroatoms. The second kappa shape index (κ2) is 7.09. The molecule has 0 amide bonds. The summed E-state index contributed by atoms with van der Waals surface area (Å²) in [4.78, 5) is 21.6. The van der Waals surface area contributed by atoms with Crippen molar-refractivity contribution < 1.29 is 9.53 Å². The molecule has 26 heavy (non-hydrogen) atoms. The summed E-state index contributed by atoms with van der Waals surface area (Å²) in [6.45, 7) is 4.48. The number of ether oxygens (including phenoxy) is 1. The van der Waals surface area contributed by atoms with Gasteiger partial charge in [0, 0.05) is 24.3 Å². The molecule has 1 saturated carbocycles. The van der Waals surface area contributed by atoms with Crippen LogP contribution in [0.2, 0.25) is 0 Å². The maximum Gasteiger partial charge on any atom is 0.355 e. The highest BCUT2D eigenvalue weighted by Gasteiger charge is 2.25. The highest BCUT2D eigenvalue weighted by Crippen LogP contribution is 2.31. The van der Waals surface area contributed by atoms with Crippen LogP contribution in [0.4, 0.5) is 5.95 Å². The van der Waals surface area contributed by atoms with E-state index >= 15 is 0 Å². The van der Waals surface area contributed by atoms with Gasteiger partial charge >= 0.3 is 5.97 Å². The number of esters is 1. The summed E-state index contributed by atoms with van der Waals surface area (Å²) in [5, 5.41) is 3.49. The maximum absolute atomic E-state index is 12.3. The van der Waals surface area contributed by atoms with E-state index in [-0.39, 0.29) is 12.1 Å². The van der Waals surface area contributed by atoms with E-state index in [2.05, 4.69) is 10.3 Å². The molecule has 0 saturated heterocycles. The van der Waals surface area contributed by atoms with E-state index in [0.29, 0.717) is 17.7 Å². The van der Waals surface area contributed by atoms with Crippen molar-refractivity contribution in [1.29, 1.82) is 0 Å². The minimum atomic E-state index is -0.274. The Balaban J connectivity index is 1.61. The number of hydrogen-bond donors (Lipinski definition) is 1. The molecule has 0 spiro atoms. The van der Waals surface area contributed by atoms with E-state index < -0.39 is 0 Å². The molecule has 6 nitrogen and oxygen atoms in total. The lowest BCUT2D eigenvalue weighted by atomic mass is 9.96. The van der Waals surface area contributed by atoms with Gasteiger partial charge in [-0.1, -0.05) is 19.3 Å². The van der Waals surface area contributed by atoms with Crippen LogP contribution in [0.25, 0.3) is 11.4 Å². The summed E-state index contributed by atoms with van der Waals surface area (Å²) in [7, 11) is 0. The fraction of sp³-hybridized carbons (Fsp3) is 0.550. The van der Waals surface area contributed by atoms with Crippen molar-refractivity contribution in [3.05, 3.63) is 29.6 Å². The van der Waals surface area contributed by atoms with Crippen molar-refractivity contribution in [2.75, 3.05) is 5.32 Å². The quantitative estimate of drug-likeness (QED) is 0.846. The molecule has 1 aliphatic carbocycles. The van der Waals surface area contributed by atoms with Gasteiger partial charge in [0.05, 0.1) is 17.5 Å². The van der Waals surface area contributed by atoms with Crippen molar-refractivity contribution in [2.24, 2.45) is 0 Å². The molecule has 2 aromatic rings. The Hall–Kier alpha value is -2.37. The lowest BCUT2D eigenvalue weighted by molar-refractivity contribution is 0.0365. The van der Waals surface area contributed by atoms with E-state index in [0.717, 1.165) is 29.9 Å². The number of hydrogen-bond acceptors (Lipinski definition) is 5. The van der Waals surface area contributed by atoms with E-state index in [1.807, 2.05) is 36.7 Å². The van der Waals surface area contributed by atoms with Gasteiger partial charge in [-0.2, -0.15) is 0 Å². The van der Waals surface area contributed by atoms with Crippen LogP contribution in [-0.4, -0.2) is 32.7 Å². The Labute approximate surface area is 154 Å². The number of aryl methyl sites for hydroxylation is 1. The molecule has 0 radical (unpaired) electrons. The second-order valence-electron chi connectivity index (χ2n) is 7.51. The van der Waals surface area contributed by atoms with Crippen LogP contribution in [0.3, 0.4) is 0 Å². The topological polar surface area (TPSA) is 69.0 Å². The van der Waals surface area contributed by atoms with Gasteiger partial charge in [-0.3, -0.25) is 0 Å². The zero-order valence-electron chi connectivity index (χ0n) is 15.5. The smallest absolute Gasteiger partial charge is 0.355 e. The van der Waals surface area contributed by atoms with Crippen LogP contribution in [0.15, 0.2) is 18.3 Å². The monoisotopic (exact) mass is 354 g/mol. The second-order valence-corrected chi connectivity index (χ2v) is 7.51. The summed E-state index contributed by atoms with van der Waals surface area (Å²) >= 11 is 0. The summed E-state index contributed by atoms with van der Waals surface area (Å²) in [6.07, 6.45) is 8.85. The minimum absolute atomic E-state index is 0.127. The first-order valence-electron chi connectivity index (χ1n) is 9.65. The van der Waals surface area contributed by atoms with Crippen LogP contribution >= 0.6 is 0 Å². The van der Waals surface area contributed by atoms with Crippen LogP contribution in [0.5, 0.6) is 0 Å². The number of carbonyl (C=O) groups excluding carboxylic acids is 1. The number of rotatable bonds is 4. The summed E-state index contributed by atoms with van der Waals surface area (Å²) in [5.41, 5.74) is 3.62. The molecule has 1 aliphatic heterocycles. The predicted molar refractivity (Wildman–Crippen MR) is 100 cm³/mol. The predicted octanol–water partition coefficient (Wildman–Crippen LogP) is 3.81. The molecule has 1 fully saturated rings. The van der Waals surface area contributed by atoms with Gasteiger partial charge in [0.2, 0.25) is 5.95 Å². The van der Waals surface area contributed by atoms with Gasteiger partial charge in [-0.15, -0.1) is 0 Å². The van der Waals surface area contributed by atoms with Crippen molar-refractivity contribution in [3.63, 3.8) is 0 Å². The van der Waals surface area contributed by atoms with Crippen LogP contribution in [-0.2, 0) is 17.7 Å². The third-order valence-electron chi connectivity index (χ3n) is 5.18. The van der Waals surface area contributed by atoms with Gasteiger partial charge in [0.25, 0.3) is 0 Å². The maximum atomic E-state index is 12.3. The van der Waals surface area contributed by atoms with E-state index in [9.17, 15) is 4.79 Å². The molecule has 3 heterocycles. The van der Waals surface area contributed by atoms with Gasteiger partial charge in [0.1, 0.15) is 5.69 Å². The van der Waals surface area contributed by atoms with Crippen molar-refractivity contribution in [2.45, 2.75) is 71.1 Å².